The molecule has 80 valence electrons. The molecule has 0 heteroatoms. The van der Waals surface area contributed by atoms with Crippen molar-refractivity contribution >= 4 is 6.08 Å². The van der Waals surface area contributed by atoms with E-state index in [4.69, 9.17) is 0 Å². The zero-order valence-electron chi connectivity index (χ0n) is 9.79. The summed E-state index contributed by atoms with van der Waals surface area (Å²) in [5.41, 5.74) is 4.29. The Morgan fingerprint density at radius 1 is 1.33 bits per heavy atom. The van der Waals surface area contributed by atoms with Crippen molar-refractivity contribution in [3.8, 4) is 0 Å². The first-order valence-electron chi connectivity index (χ1n) is 5.95. The number of benzene rings is 1. The summed E-state index contributed by atoms with van der Waals surface area (Å²) < 4.78 is 0. The predicted octanol–water partition coefficient (Wildman–Crippen LogP) is 4.41. The van der Waals surface area contributed by atoms with Crippen molar-refractivity contribution in [2.75, 3.05) is 0 Å². The van der Waals surface area contributed by atoms with Gasteiger partial charge < -0.3 is 0 Å². The third-order valence-corrected chi connectivity index (χ3v) is 2.97. The van der Waals surface area contributed by atoms with Gasteiger partial charge in [-0.15, -0.1) is 0 Å². The lowest BCUT2D eigenvalue weighted by Crippen LogP contribution is -1.96. The van der Waals surface area contributed by atoms with Crippen LogP contribution in [0.5, 0.6) is 0 Å². The fourth-order valence-electron chi connectivity index (χ4n) is 2.11. The normalized spacial score (nSPS) is 15.7. The average molecular weight is 200 g/mol. The Hall–Kier alpha value is -1.04. The lowest BCUT2D eigenvalue weighted by Gasteiger charge is -2.09. The van der Waals surface area contributed by atoms with Gasteiger partial charge in [0.25, 0.3) is 0 Å². The Balaban J connectivity index is 2.28. The smallest absolute Gasteiger partial charge is 0.0161 e. The maximum atomic E-state index is 3.87. The molecule has 1 aromatic rings. The van der Waals surface area contributed by atoms with Crippen molar-refractivity contribution < 1.29 is 0 Å². The minimum Gasteiger partial charge on any atom is -0.0985 e. The Kier molecular flexibility index (Phi) is 2.95. The van der Waals surface area contributed by atoms with Crippen LogP contribution in [0.25, 0.3) is 6.08 Å². The molecule has 0 aromatic heterocycles. The molecule has 1 aliphatic rings. The minimum absolute atomic E-state index is 0.733. The van der Waals surface area contributed by atoms with Gasteiger partial charge in [0.1, 0.15) is 0 Å². The quantitative estimate of drug-likeness (QED) is 0.675. The second kappa shape index (κ2) is 4.22. The van der Waals surface area contributed by atoms with Gasteiger partial charge in [-0.25, -0.2) is 0 Å². The molecule has 0 N–H and O–H groups in total. The van der Waals surface area contributed by atoms with Gasteiger partial charge in [0, 0.05) is 0 Å². The first-order valence-corrected chi connectivity index (χ1v) is 5.95. The highest BCUT2D eigenvalue weighted by Crippen LogP contribution is 2.40. The maximum Gasteiger partial charge on any atom is -0.0161 e. The van der Waals surface area contributed by atoms with E-state index in [2.05, 4.69) is 38.6 Å². The molecule has 0 aliphatic heterocycles. The third-order valence-electron chi connectivity index (χ3n) is 2.97. The third kappa shape index (κ3) is 2.71. The molecule has 0 radical (unpaired) electrons. The molecular formula is C15H20. The van der Waals surface area contributed by atoms with Gasteiger partial charge >= 0.3 is 0 Å². The molecule has 1 aromatic carbocycles. The molecule has 15 heavy (non-hydrogen) atoms. The van der Waals surface area contributed by atoms with Crippen molar-refractivity contribution in [1.82, 2.24) is 0 Å². The van der Waals surface area contributed by atoms with Crippen molar-refractivity contribution in [3.05, 3.63) is 41.5 Å². The maximum absolute atomic E-state index is 3.87. The topological polar surface area (TPSA) is 0 Å². The number of hydrogen-bond acceptors (Lipinski definition) is 0. The molecule has 0 bridgehead atoms. The average Bonchev–Trinajstić information content (AvgIpc) is 2.99. The van der Waals surface area contributed by atoms with Gasteiger partial charge in [-0.05, 0) is 47.8 Å². The van der Waals surface area contributed by atoms with E-state index in [-0.39, 0.29) is 0 Å². The molecule has 0 amide bonds. The van der Waals surface area contributed by atoms with E-state index in [1.165, 1.54) is 36.0 Å². The van der Waals surface area contributed by atoms with Crippen molar-refractivity contribution in [2.24, 2.45) is 5.92 Å². The number of hydrogen-bond donors (Lipinski definition) is 0. The summed E-state index contributed by atoms with van der Waals surface area (Å²) in [4.78, 5) is 0. The lowest BCUT2D eigenvalue weighted by molar-refractivity contribution is 0.646. The Morgan fingerprint density at radius 3 is 2.60 bits per heavy atom. The van der Waals surface area contributed by atoms with Gasteiger partial charge in [0.15, 0.2) is 0 Å². The molecular weight excluding hydrogens is 180 g/mol. The summed E-state index contributed by atoms with van der Waals surface area (Å²) in [6.45, 7) is 8.42. The Bertz CT molecular complexity index is 356. The van der Waals surface area contributed by atoms with Crippen LogP contribution in [-0.2, 0) is 6.42 Å². The van der Waals surface area contributed by atoms with E-state index >= 15 is 0 Å². The highest BCUT2D eigenvalue weighted by Gasteiger charge is 2.23. The first kappa shape index (κ1) is 10.5. The van der Waals surface area contributed by atoms with E-state index in [0.717, 1.165) is 11.8 Å². The van der Waals surface area contributed by atoms with Gasteiger partial charge in [0.2, 0.25) is 0 Å². The van der Waals surface area contributed by atoms with Gasteiger partial charge in [-0.3, -0.25) is 0 Å². The molecule has 0 saturated heterocycles. The van der Waals surface area contributed by atoms with E-state index in [1.54, 1.807) is 0 Å². The van der Waals surface area contributed by atoms with Crippen LogP contribution in [0, 0.1) is 5.92 Å². The molecule has 0 atom stereocenters. The molecule has 2 rings (SSSR count). The van der Waals surface area contributed by atoms with E-state index in [1.807, 2.05) is 6.08 Å². The predicted molar refractivity (Wildman–Crippen MR) is 67.1 cm³/mol. The molecule has 1 aliphatic carbocycles. The zero-order valence-corrected chi connectivity index (χ0v) is 9.79. The fourth-order valence-corrected chi connectivity index (χ4v) is 2.11. The molecule has 1 fully saturated rings. The molecule has 0 unspecified atom stereocenters. The lowest BCUT2D eigenvalue weighted by atomic mass is 9.97. The van der Waals surface area contributed by atoms with Crippen LogP contribution in [0.15, 0.2) is 24.8 Å². The summed E-state index contributed by atoms with van der Waals surface area (Å²) in [7, 11) is 0. The molecule has 0 heterocycles. The van der Waals surface area contributed by atoms with Gasteiger partial charge in [0.05, 0.1) is 0 Å². The van der Waals surface area contributed by atoms with Crippen LogP contribution < -0.4 is 0 Å². The minimum atomic E-state index is 0.733. The second-order valence-electron chi connectivity index (χ2n) is 5.08. The van der Waals surface area contributed by atoms with E-state index in [0.29, 0.717) is 0 Å². The van der Waals surface area contributed by atoms with Crippen LogP contribution in [-0.4, -0.2) is 0 Å². The highest BCUT2D eigenvalue weighted by atomic mass is 14.3. The Morgan fingerprint density at radius 2 is 2.07 bits per heavy atom. The van der Waals surface area contributed by atoms with Gasteiger partial charge in [-0.2, -0.15) is 0 Å². The van der Waals surface area contributed by atoms with Crippen molar-refractivity contribution in [2.45, 2.75) is 39.0 Å². The van der Waals surface area contributed by atoms with Crippen LogP contribution in [0.2, 0.25) is 0 Å². The summed E-state index contributed by atoms with van der Waals surface area (Å²) in [5, 5.41) is 0. The Labute approximate surface area is 93.0 Å². The van der Waals surface area contributed by atoms with Crippen molar-refractivity contribution in [1.29, 1.82) is 0 Å². The van der Waals surface area contributed by atoms with E-state index < -0.39 is 0 Å². The summed E-state index contributed by atoms with van der Waals surface area (Å²) in [6, 6.07) is 6.97. The zero-order chi connectivity index (χ0) is 10.8. The SMILES string of the molecule is C=Cc1cc(CC(C)C)cc(C2CC2)c1. The first-order chi connectivity index (χ1) is 7.19. The highest BCUT2D eigenvalue weighted by molar-refractivity contribution is 5.51. The fraction of sp³-hybridized carbons (Fsp3) is 0.467. The van der Waals surface area contributed by atoms with Crippen LogP contribution in [0.3, 0.4) is 0 Å². The monoisotopic (exact) mass is 200 g/mol. The van der Waals surface area contributed by atoms with E-state index in [9.17, 15) is 0 Å². The molecule has 0 nitrogen and oxygen atoms in total. The summed E-state index contributed by atoms with van der Waals surface area (Å²) >= 11 is 0. The van der Waals surface area contributed by atoms with Crippen LogP contribution >= 0.6 is 0 Å². The summed E-state index contributed by atoms with van der Waals surface area (Å²) in [6.07, 6.45) is 5.90. The molecule has 0 spiro atoms. The second-order valence-corrected chi connectivity index (χ2v) is 5.08. The van der Waals surface area contributed by atoms with Gasteiger partial charge in [-0.1, -0.05) is 44.7 Å². The number of rotatable bonds is 4. The van der Waals surface area contributed by atoms with Crippen molar-refractivity contribution in [3.63, 3.8) is 0 Å². The molecule has 1 saturated carbocycles. The largest absolute Gasteiger partial charge is 0.0985 e. The standard InChI is InChI=1S/C15H20/c1-4-12-8-13(7-11(2)3)10-15(9-12)14-5-6-14/h4,8-11,14H,1,5-7H2,2-3H3. The van der Waals surface area contributed by atoms with Crippen LogP contribution in [0.1, 0.15) is 49.3 Å². The summed E-state index contributed by atoms with van der Waals surface area (Å²) in [5.74, 6) is 1.58. The van der Waals surface area contributed by atoms with Crippen LogP contribution in [0.4, 0.5) is 0 Å².